The summed E-state index contributed by atoms with van der Waals surface area (Å²) >= 11 is 0. The number of ketones is 1. The van der Waals surface area contributed by atoms with E-state index in [1.54, 1.807) is 19.3 Å². The van der Waals surface area contributed by atoms with Gasteiger partial charge in [0.1, 0.15) is 5.78 Å². The Hall–Kier alpha value is -2.67. The molecule has 136 valence electrons. The van der Waals surface area contributed by atoms with Crippen molar-refractivity contribution in [2.45, 2.75) is 40.5 Å². The van der Waals surface area contributed by atoms with Crippen LogP contribution < -0.4 is 4.74 Å². The second-order valence-corrected chi connectivity index (χ2v) is 7.12. The smallest absolute Gasteiger partial charge is 0.316 e. The molecule has 1 atom stereocenters. The fourth-order valence-electron chi connectivity index (χ4n) is 2.53. The molecule has 0 aliphatic carbocycles. The van der Waals surface area contributed by atoms with E-state index in [1.165, 1.54) is 5.56 Å². The van der Waals surface area contributed by atoms with Crippen LogP contribution in [0, 0.1) is 23.7 Å². The minimum atomic E-state index is 0.239. The minimum absolute atomic E-state index is 0.239. The molecule has 0 saturated heterocycles. The molecule has 1 aromatic heterocycles. The summed E-state index contributed by atoms with van der Waals surface area (Å²) < 4.78 is 5.46. The molecule has 0 fully saturated rings. The topological polar surface area (TPSA) is 52.1 Å². The van der Waals surface area contributed by atoms with E-state index in [2.05, 4.69) is 54.7 Å². The van der Waals surface area contributed by atoms with Gasteiger partial charge in [-0.05, 0) is 42.9 Å². The molecule has 0 aliphatic rings. The predicted octanol–water partition coefficient (Wildman–Crippen LogP) is 4.07. The Balaban J connectivity index is 1.94. The summed E-state index contributed by atoms with van der Waals surface area (Å²) in [6.45, 7) is 8.50. The van der Waals surface area contributed by atoms with Crippen molar-refractivity contribution in [2.24, 2.45) is 11.8 Å². The number of hydrogen-bond donors (Lipinski definition) is 0. The van der Waals surface area contributed by atoms with E-state index >= 15 is 0 Å². The highest BCUT2D eigenvalue weighted by Crippen LogP contribution is 2.13. The lowest BCUT2D eigenvalue weighted by Gasteiger charge is -2.09. The molecule has 0 saturated carbocycles. The van der Waals surface area contributed by atoms with E-state index in [-0.39, 0.29) is 5.78 Å². The summed E-state index contributed by atoms with van der Waals surface area (Å²) in [5, 5.41) is 0. The summed E-state index contributed by atoms with van der Waals surface area (Å²) in [7, 11) is 0. The first-order valence-electron chi connectivity index (χ1n) is 8.97. The van der Waals surface area contributed by atoms with Crippen molar-refractivity contribution in [3.05, 3.63) is 53.3 Å². The van der Waals surface area contributed by atoms with Gasteiger partial charge < -0.3 is 9.53 Å². The van der Waals surface area contributed by atoms with Crippen molar-refractivity contribution >= 4 is 5.78 Å². The number of ether oxygens (including phenoxy) is 1. The minimum Gasteiger partial charge on any atom is -0.463 e. The number of carbonyl (C=O) groups excluding carboxylic acids is 1. The molecule has 1 heterocycles. The molecule has 0 amide bonds. The number of benzene rings is 1. The first-order chi connectivity index (χ1) is 12.4. The van der Waals surface area contributed by atoms with Gasteiger partial charge >= 0.3 is 6.01 Å². The number of Topliss-reactive ketones (excluding diaryl/α,β-unsaturated/α-hetero) is 1. The van der Waals surface area contributed by atoms with Crippen molar-refractivity contribution in [3.8, 4) is 17.9 Å². The van der Waals surface area contributed by atoms with Crippen LogP contribution in [-0.2, 0) is 11.2 Å². The fraction of sp³-hybridized carbons (Fsp3) is 0.409. The summed E-state index contributed by atoms with van der Waals surface area (Å²) in [5.41, 5.74) is 2.91. The lowest BCUT2D eigenvalue weighted by Crippen LogP contribution is -2.06. The SMILES string of the molecule is CC(=O)CC(C)Cc1ccc(C#Cc2cnc(OCC(C)C)nc2)cc1. The molecule has 4 heteroatoms. The van der Waals surface area contributed by atoms with Gasteiger partial charge in [0.25, 0.3) is 0 Å². The number of aromatic nitrogens is 2. The predicted molar refractivity (Wildman–Crippen MR) is 103 cm³/mol. The van der Waals surface area contributed by atoms with Crippen LogP contribution in [0.4, 0.5) is 0 Å². The highest BCUT2D eigenvalue weighted by atomic mass is 16.5. The average Bonchev–Trinajstić information content (AvgIpc) is 2.59. The second-order valence-electron chi connectivity index (χ2n) is 7.12. The zero-order valence-corrected chi connectivity index (χ0v) is 16.0. The van der Waals surface area contributed by atoms with Gasteiger partial charge in [0.15, 0.2) is 0 Å². The molecule has 4 nitrogen and oxygen atoms in total. The summed E-state index contributed by atoms with van der Waals surface area (Å²) in [6.07, 6.45) is 4.87. The maximum absolute atomic E-state index is 11.2. The van der Waals surface area contributed by atoms with Crippen LogP contribution in [-0.4, -0.2) is 22.4 Å². The highest BCUT2D eigenvalue weighted by Gasteiger charge is 2.06. The Morgan fingerprint density at radius 1 is 1.04 bits per heavy atom. The van der Waals surface area contributed by atoms with Crippen LogP contribution in [0.25, 0.3) is 0 Å². The van der Waals surface area contributed by atoms with E-state index < -0.39 is 0 Å². The van der Waals surface area contributed by atoms with Gasteiger partial charge in [-0.25, -0.2) is 9.97 Å². The van der Waals surface area contributed by atoms with Crippen molar-refractivity contribution in [2.75, 3.05) is 6.61 Å². The van der Waals surface area contributed by atoms with Gasteiger partial charge in [-0.15, -0.1) is 0 Å². The van der Waals surface area contributed by atoms with Crippen LogP contribution in [0.2, 0.25) is 0 Å². The first kappa shape index (κ1) is 19.7. The van der Waals surface area contributed by atoms with Crippen molar-refractivity contribution < 1.29 is 9.53 Å². The Labute approximate surface area is 156 Å². The second kappa shape index (κ2) is 9.72. The molecular formula is C22H26N2O2. The normalized spacial score (nSPS) is 11.6. The van der Waals surface area contributed by atoms with Crippen LogP contribution in [0.3, 0.4) is 0 Å². The van der Waals surface area contributed by atoms with Gasteiger partial charge in [-0.2, -0.15) is 0 Å². The number of rotatable bonds is 7. The lowest BCUT2D eigenvalue weighted by molar-refractivity contribution is -0.117. The molecule has 0 N–H and O–H groups in total. The molecule has 0 spiro atoms. The number of hydrogen-bond acceptors (Lipinski definition) is 4. The van der Waals surface area contributed by atoms with Crippen LogP contribution >= 0.6 is 0 Å². The Bertz CT molecular complexity index is 769. The van der Waals surface area contributed by atoms with Gasteiger partial charge in [0, 0.05) is 24.4 Å². The van der Waals surface area contributed by atoms with Crippen molar-refractivity contribution in [1.29, 1.82) is 0 Å². The summed E-state index contributed by atoms with van der Waals surface area (Å²) in [4.78, 5) is 19.5. The molecule has 0 bridgehead atoms. The van der Waals surface area contributed by atoms with Crippen LogP contribution in [0.1, 0.15) is 50.8 Å². The van der Waals surface area contributed by atoms with E-state index in [1.807, 2.05) is 12.1 Å². The Morgan fingerprint density at radius 2 is 1.65 bits per heavy atom. The largest absolute Gasteiger partial charge is 0.463 e. The van der Waals surface area contributed by atoms with E-state index in [0.717, 1.165) is 17.5 Å². The standard InChI is InChI=1S/C22H26N2O2/c1-16(2)15-26-22-23-13-21(14-24-22)10-7-19-5-8-20(9-6-19)12-17(3)11-18(4)25/h5-6,8-9,13-14,16-17H,11-12,15H2,1-4H3. The molecular weight excluding hydrogens is 324 g/mol. The Kier molecular flexibility index (Phi) is 7.35. The highest BCUT2D eigenvalue weighted by molar-refractivity contribution is 5.75. The average molecular weight is 350 g/mol. The van der Waals surface area contributed by atoms with Gasteiger partial charge in [0.2, 0.25) is 0 Å². The molecule has 2 aromatic rings. The third-order valence-electron chi connectivity index (χ3n) is 3.70. The van der Waals surface area contributed by atoms with E-state index in [4.69, 9.17) is 4.74 Å². The monoisotopic (exact) mass is 350 g/mol. The van der Waals surface area contributed by atoms with Gasteiger partial charge in [0.05, 0.1) is 12.2 Å². The van der Waals surface area contributed by atoms with Gasteiger partial charge in [-0.3, -0.25) is 0 Å². The molecule has 0 aliphatic heterocycles. The summed E-state index contributed by atoms with van der Waals surface area (Å²) in [6, 6.07) is 8.53. The zero-order valence-electron chi connectivity index (χ0n) is 16.0. The third kappa shape index (κ3) is 7.06. The molecule has 1 aromatic carbocycles. The third-order valence-corrected chi connectivity index (χ3v) is 3.70. The molecule has 26 heavy (non-hydrogen) atoms. The molecule has 0 radical (unpaired) electrons. The maximum atomic E-state index is 11.2. The zero-order chi connectivity index (χ0) is 18.9. The number of nitrogens with zero attached hydrogens (tertiary/aromatic N) is 2. The molecule has 2 rings (SSSR count). The lowest BCUT2D eigenvalue weighted by atomic mass is 9.96. The van der Waals surface area contributed by atoms with Crippen LogP contribution in [0.15, 0.2) is 36.7 Å². The van der Waals surface area contributed by atoms with E-state index in [9.17, 15) is 4.79 Å². The van der Waals surface area contributed by atoms with Gasteiger partial charge in [-0.1, -0.05) is 44.7 Å². The molecule has 1 unspecified atom stereocenters. The van der Waals surface area contributed by atoms with Crippen LogP contribution in [0.5, 0.6) is 6.01 Å². The maximum Gasteiger partial charge on any atom is 0.316 e. The fourth-order valence-corrected chi connectivity index (χ4v) is 2.53. The van der Waals surface area contributed by atoms with Crippen molar-refractivity contribution in [3.63, 3.8) is 0 Å². The number of carbonyl (C=O) groups is 1. The van der Waals surface area contributed by atoms with E-state index in [0.29, 0.717) is 30.9 Å². The summed E-state index contributed by atoms with van der Waals surface area (Å²) in [5.74, 6) is 7.22. The van der Waals surface area contributed by atoms with Crippen molar-refractivity contribution in [1.82, 2.24) is 9.97 Å². The quantitative estimate of drug-likeness (QED) is 0.706. The Morgan fingerprint density at radius 3 is 2.23 bits per heavy atom. The first-order valence-corrected chi connectivity index (χ1v) is 8.97.